The van der Waals surface area contributed by atoms with Gasteiger partial charge in [-0.25, -0.2) is 0 Å². The number of benzene rings is 2. The van der Waals surface area contributed by atoms with E-state index in [1.54, 1.807) is 23.6 Å². The molecule has 1 amide bonds. The molecule has 0 atom stereocenters. The summed E-state index contributed by atoms with van der Waals surface area (Å²) in [7, 11) is 1.64. The minimum absolute atomic E-state index is 0.212. The molecule has 9 heteroatoms. The summed E-state index contributed by atoms with van der Waals surface area (Å²) in [6.45, 7) is 3.72. The molecule has 2 heterocycles. The minimum Gasteiger partial charge on any atom is -0.497 e. The van der Waals surface area contributed by atoms with E-state index in [0.29, 0.717) is 12.3 Å². The highest BCUT2D eigenvalue weighted by Crippen LogP contribution is 2.17. The molecule has 2 aromatic carbocycles. The number of piperazine rings is 1. The largest absolute Gasteiger partial charge is 0.497 e. The van der Waals surface area contributed by atoms with Crippen LogP contribution in [0.25, 0.3) is 5.69 Å². The van der Waals surface area contributed by atoms with Gasteiger partial charge in [-0.2, -0.15) is 4.68 Å². The van der Waals surface area contributed by atoms with Crippen molar-refractivity contribution in [2.24, 2.45) is 0 Å². The van der Waals surface area contributed by atoms with Crippen molar-refractivity contribution >= 4 is 17.7 Å². The molecule has 1 fully saturated rings. The van der Waals surface area contributed by atoms with Gasteiger partial charge in [0.25, 0.3) is 0 Å². The Balaban J connectivity index is 1.25. The van der Waals surface area contributed by atoms with Gasteiger partial charge in [0.05, 0.1) is 25.1 Å². The molecule has 0 unspecified atom stereocenters. The number of carbonyl (C=O) groups excluding carboxylic acids is 1. The van der Waals surface area contributed by atoms with Crippen molar-refractivity contribution in [1.29, 1.82) is 0 Å². The van der Waals surface area contributed by atoms with Gasteiger partial charge in [-0.3, -0.25) is 9.69 Å². The van der Waals surface area contributed by atoms with E-state index < -0.39 is 0 Å². The first kappa shape index (κ1) is 21.3. The van der Waals surface area contributed by atoms with Gasteiger partial charge in [-0.15, -0.1) is 16.9 Å². The fourth-order valence-corrected chi connectivity index (χ4v) is 4.39. The molecule has 0 saturated carbocycles. The third-order valence-corrected chi connectivity index (χ3v) is 6.27. The first-order valence-electron chi connectivity index (χ1n) is 10.3. The molecule has 1 aliphatic heterocycles. The van der Waals surface area contributed by atoms with E-state index in [1.807, 2.05) is 47.4 Å². The van der Waals surface area contributed by atoms with Gasteiger partial charge in [0, 0.05) is 31.9 Å². The summed E-state index contributed by atoms with van der Waals surface area (Å²) in [4.78, 5) is 16.8. The van der Waals surface area contributed by atoms with Crippen LogP contribution in [0.3, 0.4) is 0 Å². The van der Waals surface area contributed by atoms with E-state index in [2.05, 4.69) is 32.6 Å². The smallest absolute Gasteiger partial charge is 0.232 e. The minimum atomic E-state index is 0.212. The molecular formula is C22H26N6O2S. The van der Waals surface area contributed by atoms with Crippen molar-refractivity contribution in [3.63, 3.8) is 0 Å². The Bertz CT molecular complexity index is 971. The first-order valence-corrected chi connectivity index (χ1v) is 11.4. The number of thioether (sulfide) groups is 1. The predicted octanol–water partition coefficient (Wildman–Crippen LogP) is 2.25. The molecule has 31 heavy (non-hydrogen) atoms. The summed E-state index contributed by atoms with van der Waals surface area (Å²) in [6.07, 6.45) is 0. The predicted molar refractivity (Wildman–Crippen MR) is 120 cm³/mol. The van der Waals surface area contributed by atoms with E-state index in [1.165, 1.54) is 5.56 Å². The van der Waals surface area contributed by atoms with Crippen LogP contribution in [0.4, 0.5) is 0 Å². The second-order valence-corrected chi connectivity index (χ2v) is 8.33. The van der Waals surface area contributed by atoms with Crippen LogP contribution in [0.5, 0.6) is 5.75 Å². The number of nitrogens with zero attached hydrogens (tertiary/aromatic N) is 6. The zero-order valence-electron chi connectivity index (χ0n) is 17.6. The molecule has 0 aliphatic carbocycles. The summed E-state index contributed by atoms with van der Waals surface area (Å²) in [5, 5.41) is 12.2. The third-order valence-electron chi connectivity index (χ3n) is 5.28. The monoisotopic (exact) mass is 438 g/mol. The summed E-state index contributed by atoms with van der Waals surface area (Å²) in [5.41, 5.74) is 2.14. The van der Waals surface area contributed by atoms with Crippen LogP contribution in [0.15, 0.2) is 54.6 Å². The Hall–Kier alpha value is -2.91. The molecule has 0 radical (unpaired) electrons. The molecule has 8 nitrogen and oxygen atoms in total. The molecule has 1 saturated heterocycles. The van der Waals surface area contributed by atoms with Gasteiger partial charge >= 0.3 is 0 Å². The van der Waals surface area contributed by atoms with Crippen LogP contribution < -0.4 is 4.74 Å². The Labute approximate surface area is 186 Å². The SMILES string of the molecule is COc1ccc(-n2nnnc2CN2CCN(C(=O)CSCc3ccccc3)CC2)cc1. The van der Waals surface area contributed by atoms with Crippen molar-refractivity contribution < 1.29 is 9.53 Å². The van der Waals surface area contributed by atoms with Crippen LogP contribution in [0, 0.1) is 0 Å². The van der Waals surface area contributed by atoms with Gasteiger partial charge in [0.1, 0.15) is 5.75 Å². The van der Waals surface area contributed by atoms with Gasteiger partial charge in [0.2, 0.25) is 5.91 Å². The summed E-state index contributed by atoms with van der Waals surface area (Å²) in [5.74, 6) is 3.17. The highest BCUT2D eigenvalue weighted by molar-refractivity contribution is 7.99. The van der Waals surface area contributed by atoms with Crippen molar-refractivity contribution in [2.75, 3.05) is 39.0 Å². The summed E-state index contributed by atoms with van der Waals surface area (Å²) in [6, 6.07) is 17.9. The maximum Gasteiger partial charge on any atom is 0.232 e. The number of ether oxygens (including phenoxy) is 1. The van der Waals surface area contributed by atoms with Crippen molar-refractivity contribution in [1.82, 2.24) is 30.0 Å². The van der Waals surface area contributed by atoms with Crippen molar-refractivity contribution in [3.05, 3.63) is 66.0 Å². The maximum absolute atomic E-state index is 12.5. The number of methoxy groups -OCH3 is 1. The number of amides is 1. The first-order chi connectivity index (χ1) is 15.2. The van der Waals surface area contributed by atoms with Crippen LogP contribution in [0.2, 0.25) is 0 Å². The Morgan fingerprint density at radius 2 is 1.77 bits per heavy atom. The lowest BCUT2D eigenvalue weighted by atomic mass is 10.2. The standard InChI is InChI=1S/C22H26N6O2S/c1-30-20-9-7-19(8-10-20)28-21(23-24-25-28)15-26-11-13-27(14-12-26)22(29)17-31-16-18-5-3-2-4-6-18/h2-10H,11-17H2,1H3. The number of hydrogen-bond acceptors (Lipinski definition) is 7. The van der Waals surface area contributed by atoms with E-state index in [9.17, 15) is 4.79 Å². The topological polar surface area (TPSA) is 76.4 Å². The van der Waals surface area contributed by atoms with Crippen LogP contribution in [0.1, 0.15) is 11.4 Å². The summed E-state index contributed by atoms with van der Waals surface area (Å²) < 4.78 is 6.96. The average molecular weight is 439 g/mol. The average Bonchev–Trinajstić information content (AvgIpc) is 3.28. The zero-order chi connectivity index (χ0) is 21.5. The number of tetrazole rings is 1. The van der Waals surface area contributed by atoms with E-state index >= 15 is 0 Å². The quantitative estimate of drug-likeness (QED) is 0.534. The number of aromatic nitrogens is 4. The normalized spacial score (nSPS) is 14.5. The van der Waals surface area contributed by atoms with Crippen molar-refractivity contribution in [2.45, 2.75) is 12.3 Å². The number of rotatable bonds is 8. The maximum atomic E-state index is 12.5. The fraction of sp³-hybridized carbons (Fsp3) is 0.364. The lowest BCUT2D eigenvalue weighted by Crippen LogP contribution is -2.49. The van der Waals surface area contributed by atoms with Crippen LogP contribution >= 0.6 is 11.8 Å². The molecule has 0 bridgehead atoms. The van der Waals surface area contributed by atoms with E-state index in [0.717, 1.165) is 49.2 Å². The molecular weight excluding hydrogens is 412 g/mol. The van der Waals surface area contributed by atoms with E-state index in [4.69, 9.17) is 4.74 Å². The molecule has 1 aliphatic rings. The fourth-order valence-electron chi connectivity index (χ4n) is 3.51. The molecule has 1 aromatic heterocycles. The summed E-state index contributed by atoms with van der Waals surface area (Å²) >= 11 is 1.67. The Kier molecular flexibility index (Phi) is 7.16. The number of hydrogen-bond donors (Lipinski definition) is 0. The molecule has 3 aromatic rings. The molecule has 0 N–H and O–H groups in total. The molecule has 162 valence electrons. The van der Waals surface area contributed by atoms with Gasteiger partial charge in [0.15, 0.2) is 5.82 Å². The lowest BCUT2D eigenvalue weighted by molar-refractivity contribution is -0.130. The Morgan fingerprint density at radius 1 is 1.03 bits per heavy atom. The van der Waals surface area contributed by atoms with E-state index in [-0.39, 0.29) is 5.91 Å². The van der Waals surface area contributed by atoms with Crippen LogP contribution in [-0.4, -0.2) is 75.0 Å². The van der Waals surface area contributed by atoms with Crippen LogP contribution in [-0.2, 0) is 17.1 Å². The molecule has 0 spiro atoms. The van der Waals surface area contributed by atoms with Gasteiger partial charge in [-0.05, 0) is 40.3 Å². The third kappa shape index (κ3) is 5.62. The second kappa shape index (κ2) is 10.4. The molecule has 4 rings (SSSR count). The van der Waals surface area contributed by atoms with Gasteiger partial charge < -0.3 is 9.64 Å². The highest BCUT2D eigenvalue weighted by atomic mass is 32.2. The van der Waals surface area contributed by atoms with Crippen molar-refractivity contribution in [3.8, 4) is 11.4 Å². The highest BCUT2D eigenvalue weighted by Gasteiger charge is 2.22. The number of carbonyl (C=O) groups is 1. The zero-order valence-corrected chi connectivity index (χ0v) is 18.4. The van der Waals surface area contributed by atoms with Gasteiger partial charge in [-0.1, -0.05) is 30.3 Å². The lowest BCUT2D eigenvalue weighted by Gasteiger charge is -2.34. The second-order valence-electron chi connectivity index (χ2n) is 7.34. The Morgan fingerprint density at radius 3 is 2.48 bits per heavy atom.